The molecule has 0 amide bonds. The number of aromatic nitrogens is 2. The van der Waals surface area contributed by atoms with Crippen molar-refractivity contribution in [3.05, 3.63) is 6.20 Å². The summed E-state index contributed by atoms with van der Waals surface area (Å²) in [6.07, 6.45) is 2.31. The zero-order chi connectivity index (χ0) is 11.4. The van der Waals surface area contributed by atoms with E-state index in [9.17, 15) is 5.11 Å². The predicted octanol–water partition coefficient (Wildman–Crippen LogP) is -0.609. The number of rotatable bonds is 6. The van der Waals surface area contributed by atoms with Crippen LogP contribution in [0.2, 0.25) is 0 Å². The van der Waals surface area contributed by atoms with Gasteiger partial charge in [0.05, 0.1) is 17.8 Å². The van der Waals surface area contributed by atoms with Crippen LogP contribution in [0, 0.1) is 0 Å². The fourth-order valence-corrected chi connectivity index (χ4v) is 1.88. The smallest absolute Gasteiger partial charge is 0.245 e. The molecule has 1 aliphatic rings. The lowest BCUT2D eigenvalue weighted by atomic mass is 9.89. The molecule has 1 saturated carbocycles. The van der Waals surface area contributed by atoms with E-state index < -0.39 is 6.10 Å². The summed E-state index contributed by atoms with van der Waals surface area (Å²) in [6, 6.07) is 0.325. The number of aliphatic hydroxyl groups is 2. The van der Waals surface area contributed by atoms with E-state index in [1.165, 1.54) is 6.20 Å². The molecule has 1 fully saturated rings. The number of nitrogens with zero attached hydrogens (tertiary/aromatic N) is 2. The molecule has 0 radical (unpaired) electrons. The van der Waals surface area contributed by atoms with Gasteiger partial charge in [0.1, 0.15) is 18.9 Å². The summed E-state index contributed by atoms with van der Waals surface area (Å²) in [5.74, 6) is 0.447. The van der Waals surface area contributed by atoms with Crippen LogP contribution in [0.5, 0.6) is 5.88 Å². The van der Waals surface area contributed by atoms with Crippen molar-refractivity contribution in [1.29, 1.82) is 0 Å². The normalized spacial score (nSPS) is 26.1. The molecule has 1 unspecified atom stereocenters. The number of hydrogen-bond donors (Lipinski definition) is 3. The van der Waals surface area contributed by atoms with Crippen molar-refractivity contribution < 1.29 is 14.9 Å². The van der Waals surface area contributed by atoms with Crippen LogP contribution in [0.25, 0.3) is 0 Å². The Morgan fingerprint density at radius 2 is 2.44 bits per heavy atom. The molecule has 1 aliphatic carbocycles. The highest BCUT2D eigenvalue weighted by Crippen LogP contribution is 2.19. The number of nitrogens with one attached hydrogen (secondary N) is 1. The Labute approximate surface area is 97.6 Å². The topological polar surface area (TPSA) is 87.5 Å². The van der Waals surface area contributed by atoms with E-state index >= 15 is 0 Å². The molecule has 7 heteroatoms. The average molecular weight is 245 g/mol. The van der Waals surface area contributed by atoms with Gasteiger partial charge in [0, 0.05) is 12.6 Å². The van der Waals surface area contributed by atoms with Gasteiger partial charge in [-0.2, -0.15) is 4.37 Å². The van der Waals surface area contributed by atoms with Gasteiger partial charge in [-0.25, -0.2) is 0 Å². The minimum Gasteiger partial charge on any atom is -0.473 e. The van der Waals surface area contributed by atoms with Crippen LogP contribution in [0.1, 0.15) is 12.8 Å². The molecule has 0 spiro atoms. The van der Waals surface area contributed by atoms with Crippen molar-refractivity contribution in [1.82, 2.24) is 14.1 Å². The van der Waals surface area contributed by atoms with E-state index in [-0.39, 0.29) is 12.7 Å². The van der Waals surface area contributed by atoms with Crippen molar-refractivity contribution in [2.75, 3.05) is 13.2 Å². The van der Waals surface area contributed by atoms with Gasteiger partial charge in [-0.1, -0.05) is 0 Å². The second-order valence-corrected chi connectivity index (χ2v) is 4.50. The summed E-state index contributed by atoms with van der Waals surface area (Å²) >= 11 is 1.07. The van der Waals surface area contributed by atoms with Gasteiger partial charge in [0.25, 0.3) is 0 Å². The Bertz CT molecular complexity index is 303. The molecule has 1 aromatic rings. The van der Waals surface area contributed by atoms with E-state index in [1.807, 2.05) is 0 Å². The predicted molar refractivity (Wildman–Crippen MR) is 58.4 cm³/mol. The minimum absolute atomic E-state index is 0.174. The minimum atomic E-state index is -0.570. The summed E-state index contributed by atoms with van der Waals surface area (Å²) in [5.41, 5.74) is 0. The van der Waals surface area contributed by atoms with E-state index in [0.717, 1.165) is 24.6 Å². The summed E-state index contributed by atoms with van der Waals surface area (Å²) in [4.78, 5) is 0. The van der Waals surface area contributed by atoms with Gasteiger partial charge in [0.15, 0.2) is 0 Å². The van der Waals surface area contributed by atoms with Gasteiger partial charge in [-0.15, -0.1) is 4.37 Å². The number of ether oxygens (including phenoxy) is 1. The van der Waals surface area contributed by atoms with Crippen molar-refractivity contribution in [3.63, 3.8) is 0 Å². The fraction of sp³-hybridized carbons (Fsp3) is 0.778. The van der Waals surface area contributed by atoms with E-state index in [4.69, 9.17) is 9.84 Å². The lowest BCUT2D eigenvalue weighted by Gasteiger charge is -2.32. The third-order valence-electron chi connectivity index (χ3n) is 2.52. The number of aliphatic hydroxyl groups excluding tert-OH is 2. The number of hydrogen-bond acceptors (Lipinski definition) is 7. The molecule has 3 N–H and O–H groups in total. The summed E-state index contributed by atoms with van der Waals surface area (Å²) < 4.78 is 12.9. The summed E-state index contributed by atoms with van der Waals surface area (Å²) in [5, 5.41) is 21.8. The van der Waals surface area contributed by atoms with Crippen LogP contribution in [0.15, 0.2) is 6.20 Å². The summed E-state index contributed by atoms with van der Waals surface area (Å²) in [6.45, 7) is 0.669. The van der Waals surface area contributed by atoms with E-state index in [2.05, 4.69) is 14.1 Å². The Morgan fingerprint density at radius 1 is 1.62 bits per heavy atom. The van der Waals surface area contributed by atoms with Gasteiger partial charge in [0.2, 0.25) is 5.88 Å². The second-order valence-electron chi connectivity index (χ2n) is 3.94. The molecule has 1 atom stereocenters. The van der Waals surface area contributed by atoms with Crippen molar-refractivity contribution in [2.24, 2.45) is 0 Å². The molecule has 90 valence electrons. The van der Waals surface area contributed by atoms with E-state index in [0.29, 0.717) is 18.5 Å². The SMILES string of the molecule is OC(CNC1CC(O)C1)COc1cnsn1. The molecular formula is C9H15N3O3S. The van der Waals surface area contributed by atoms with Crippen molar-refractivity contribution in [3.8, 4) is 5.88 Å². The molecule has 16 heavy (non-hydrogen) atoms. The van der Waals surface area contributed by atoms with Crippen molar-refractivity contribution >= 4 is 11.7 Å². The molecule has 0 aliphatic heterocycles. The van der Waals surface area contributed by atoms with Crippen LogP contribution < -0.4 is 10.1 Å². The largest absolute Gasteiger partial charge is 0.473 e. The van der Waals surface area contributed by atoms with Gasteiger partial charge < -0.3 is 20.3 Å². The molecule has 1 aromatic heterocycles. The Balaban J connectivity index is 1.56. The Morgan fingerprint density at radius 3 is 3.06 bits per heavy atom. The first-order chi connectivity index (χ1) is 7.74. The Kier molecular flexibility index (Phi) is 4.05. The molecule has 0 aromatic carbocycles. The van der Waals surface area contributed by atoms with Crippen LogP contribution in [0.3, 0.4) is 0 Å². The lowest BCUT2D eigenvalue weighted by Crippen LogP contribution is -2.47. The van der Waals surface area contributed by atoms with Crippen LogP contribution in [0.4, 0.5) is 0 Å². The first-order valence-corrected chi connectivity index (χ1v) is 5.97. The molecular weight excluding hydrogens is 230 g/mol. The van der Waals surface area contributed by atoms with Gasteiger partial charge >= 0.3 is 0 Å². The van der Waals surface area contributed by atoms with Gasteiger partial charge in [-0.05, 0) is 12.8 Å². The second kappa shape index (κ2) is 5.53. The zero-order valence-electron chi connectivity index (χ0n) is 8.74. The highest BCUT2D eigenvalue weighted by molar-refractivity contribution is 6.99. The molecule has 6 nitrogen and oxygen atoms in total. The van der Waals surface area contributed by atoms with Crippen LogP contribution >= 0.6 is 11.7 Å². The zero-order valence-corrected chi connectivity index (χ0v) is 9.56. The lowest BCUT2D eigenvalue weighted by molar-refractivity contribution is 0.0485. The summed E-state index contributed by atoms with van der Waals surface area (Å²) in [7, 11) is 0. The molecule has 2 rings (SSSR count). The third kappa shape index (κ3) is 3.38. The monoisotopic (exact) mass is 245 g/mol. The third-order valence-corrected chi connectivity index (χ3v) is 2.98. The highest BCUT2D eigenvalue weighted by Gasteiger charge is 2.26. The maximum absolute atomic E-state index is 9.59. The molecule has 0 saturated heterocycles. The first kappa shape index (κ1) is 11.7. The highest BCUT2D eigenvalue weighted by atomic mass is 32.1. The first-order valence-electron chi connectivity index (χ1n) is 5.24. The fourth-order valence-electron chi connectivity index (χ4n) is 1.52. The average Bonchev–Trinajstić information content (AvgIpc) is 2.72. The van der Waals surface area contributed by atoms with Crippen LogP contribution in [-0.4, -0.2) is 50.4 Å². The van der Waals surface area contributed by atoms with Gasteiger partial charge in [-0.3, -0.25) is 0 Å². The standard InChI is InChI=1S/C9H15N3O3S/c13-7-1-6(2-7)10-3-8(14)5-15-9-4-11-16-12-9/h4,6-8,10,13-14H,1-3,5H2. The molecule has 1 heterocycles. The maximum atomic E-state index is 9.59. The maximum Gasteiger partial charge on any atom is 0.245 e. The van der Waals surface area contributed by atoms with Crippen LogP contribution in [-0.2, 0) is 0 Å². The molecule has 0 bridgehead atoms. The quantitative estimate of drug-likeness (QED) is 0.620. The van der Waals surface area contributed by atoms with E-state index in [1.54, 1.807) is 0 Å². The van der Waals surface area contributed by atoms with Crippen molar-refractivity contribution in [2.45, 2.75) is 31.1 Å². The Hall–Kier alpha value is -0.760.